The zero-order chi connectivity index (χ0) is 15.9. The van der Waals surface area contributed by atoms with E-state index < -0.39 is 15.7 Å². The number of rotatable bonds is 3. The van der Waals surface area contributed by atoms with Crippen LogP contribution in [-0.4, -0.2) is 24.7 Å². The van der Waals surface area contributed by atoms with Gasteiger partial charge in [-0.15, -0.1) is 0 Å². The van der Waals surface area contributed by atoms with E-state index in [4.69, 9.17) is 5.26 Å². The molecule has 2 heterocycles. The second-order valence-electron chi connectivity index (χ2n) is 6.14. The van der Waals surface area contributed by atoms with E-state index in [0.717, 1.165) is 6.07 Å². The van der Waals surface area contributed by atoms with Gasteiger partial charge in [-0.2, -0.15) is 5.26 Å². The van der Waals surface area contributed by atoms with E-state index in [1.165, 1.54) is 12.1 Å². The van der Waals surface area contributed by atoms with Crippen molar-refractivity contribution in [3.05, 3.63) is 35.1 Å². The first-order valence-electron chi connectivity index (χ1n) is 7.35. The topological polar surface area (TPSA) is 75.0 Å². The fourth-order valence-electron chi connectivity index (χ4n) is 3.61. The molecule has 22 heavy (non-hydrogen) atoms. The van der Waals surface area contributed by atoms with E-state index in [1.54, 1.807) is 0 Å². The molecule has 0 aliphatic carbocycles. The number of carbonyl (C=O) groups excluding carboxylic acids is 1. The minimum atomic E-state index is -3.04. The van der Waals surface area contributed by atoms with Gasteiger partial charge in [-0.25, -0.2) is 12.8 Å². The van der Waals surface area contributed by atoms with Gasteiger partial charge in [-0.05, 0) is 43.4 Å². The van der Waals surface area contributed by atoms with Crippen LogP contribution in [0.5, 0.6) is 0 Å². The third-order valence-electron chi connectivity index (χ3n) is 4.85. The molecule has 0 spiro atoms. The molecule has 4 nitrogen and oxygen atoms in total. The molecule has 6 heteroatoms. The maximum Gasteiger partial charge on any atom is 0.156 e. The fraction of sp³-hybridized carbons (Fsp3) is 0.500. The highest BCUT2D eigenvalue weighted by atomic mass is 32.2. The number of hydrogen-bond donors (Lipinski definition) is 0. The Labute approximate surface area is 128 Å². The number of nitriles is 1. The van der Waals surface area contributed by atoms with Gasteiger partial charge in [0.15, 0.2) is 9.84 Å². The van der Waals surface area contributed by atoms with Crippen molar-refractivity contribution in [3.8, 4) is 6.07 Å². The van der Waals surface area contributed by atoms with Crippen LogP contribution in [0.4, 0.5) is 4.39 Å². The smallest absolute Gasteiger partial charge is 0.156 e. The van der Waals surface area contributed by atoms with Crippen LogP contribution in [0.25, 0.3) is 0 Å². The van der Waals surface area contributed by atoms with Crippen molar-refractivity contribution in [2.45, 2.75) is 42.6 Å². The molecule has 3 rings (SSSR count). The molecular weight excluding hydrogens is 305 g/mol. The maximum absolute atomic E-state index is 13.1. The normalized spacial score (nSPS) is 29.0. The van der Waals surface area contributed by atoms with Gasteiger partial charge < -0.3 is 0 Å². The molecule has 0 radical (unpaired) electrons. The van der Waals surface area contributed by atoms with Crippen LogP contribution >= 0.6 is 0 Å². The minimum Gasteiger partial charge on any atom is -0.299 e. The van der Waals surface area contributed by atoms with Crippen molar-refractivity contribution in [1.29, 1.82) is 5.26 Å². The number of sulfone groups is 1. The average Bonchev–Trinajstić information content (AvgIpc) is 2.68. The first-order valence-corrected chi connectivity index (χ1v) is 8.96. The van der Waals surface area contributed by atoms with Gasteiger partial charge in [0.2, 0.25) is 0 Å². The molecule has 2 saturated heterocycles. The summed E-state index contributed by atoms with van der Waals surface area (Å²) in [5, 5.41) is 8.25. The van der Waals surface area contributed by atoms with Crippen LogP contribution in [0.1, 0.15) is 36.8 Å². The van der Waals surface area contributed by atoms with Crippen molar-refractivity contribution >= 4 is 15.6 Å². The number of Topliss-reactive ketones (excluding diaryl/α,β-unsaturated/α-hetero) is 1. The SMILES string of the molecule is N#Cc1cc(F)ccc1CC(=O)C1CC2CCC(C1)S2(=O)=O. The summed E-state index contributed by atoms with van der Waals surface area (Å²) in [5.74, 6) is -0.818. The predicted octanol–water partition coefficient (Wildman–Crippen LogP) is 2.16. The Bertz CT molecular complexity index is 746. The summed E-state index contributed by atoms with van der Waals surface area (Å²) in [5.41, 5.74) is 0.675. The number of ketones is 1. The van der Waals surface area contributed by atoms with Crippen LogP contribution in [-0.2, 0) is 21.1 Å². The van der Waals surface area contributed by atoms with Gasteiger partial charge in [-0.1, -0.05) is 6.07 Å². The molecule has 0 N–H and O–H groups in total. The summed E-state index contributed by atoms with van der Waals surface area (Å²) in [6.07, 6.45) is 2.14. The quantitative estimate of drug-likeness (QED) is 0.855. The largest absolute Gasteiger partial charge is 0.299 e. The van der Waals surface area contributed by atoms with E-state index >= 15 is 0 Å². The highest BCUT2D eigenvalue weighted by Gasteiger charge is 2.48. The number of fused-ring (bicyclic) bond motifs is 2. The molecule has 2 atom stereocenters. The number of hydrogen-bond acceptors (Lipinski definition) is 4. The van der Waals surface area contributed by atoms with Crippen LogP contribution in [0.3, 0.4) is 0 Å². The lowest BCUT2D eigenvalue weighted by molar-refractivity contribution is -0.122. The number of carbonyl (C=O) groups is 1. The van der Waals surface area contributed by atoms with E-state index in [0.29, 0.717) is 31.2 Å². The number of benzene rings is 1. The highest BCUT2D eigenvalue weighted by molar-refractivity contribution is 7.93. The molecule has 2 aliphatic rings. The summed E-state index contributed by atoms with van der Waals surface area (Å²) in [6, 6.07) is 5.72. The predicted molar refractivity (Wildman–Crippen MR) is 78.3 cm³/mol. The molecule has 0 aromatic heterocycles. The zero-order valence-electron chi connectivity index (χ0n) is 12.0. The maximum atomic E-state index is 13.1. The summed E-state index contributed by atoms with van der Waals surface area (Å²) in [6.45, 7) is 0. The highest BCUT2D eigenvalue weighted by Crippen LogP contribution is 2.41. The van der Waals surface area contributed by atoms with Crippen molar-refractivity contribution in [3.63, 3.8) is 0 Å². The summed E-state index contributed by atoms with van der Waals surface area (Å²) in [4.78, 5) is 12.5. The molecular formula is C16H16FNO3S. The zero-order valence-corrected chi connectivity index (χ0v) is 12.8. The van der Waals surface area contributed by atoms with Crippen molar-refractivity contribution in [1.82, 2.24) is 0 Å². The first kappa shape index (κ1) is 15.2. The molecule has 2 unspecified atom stereocenters. The van der Waals surface area contributed by atoms with E-state index in [1.807, 2.05) is 6.07 Å². The molecule has 116 valence electrons. The second-order valence-corrected chi connectivity index (χ2v) is 8.65. The lowest BCUT2D eigenvalue weighted by atomic mass is 9.89. The first-order chi connectivity index (χ1) is 10.4. The third-order valence-corrected chi connectivity index (χ3v) is 7.56. The fourth-order valence-corrected chi connectivity index (χ4v) is 6.08. The average molecular weight is 321 g/mol. The molecule has 2 fully saturated rings. The Morgan fingerprint density at radius 1 is 1.27 bits per heavy atom. The number of nitrogens with zero attached hydrogens (tertiary/aromatic N) is 1. The Balaban J connectivity index is 1.76. The molecule has 1 aromatic carbocycles. The van der Waals surface area contributed by atoms with Crippen LogP contribution in [0.2, 0.25) is 0 Å². The minimum absolute atomic E-state index is 0.0464. The molecule has 1 aromatic rings. The van der Waals surface area contributed by atoms with Gasteiger partial charge >= 0.3 is 0 Å². The van der Waals surface area contributed by atoms with Crippen LogP contribution in [0, 0.1) is 23.1 Å². The molecule has 2 bridgehead atoms. The third kappa shape index (κ3) is 2.54. The standard InChI is InChI=1S/C16H16FNO3S/c17-13-2-1-10(12(5-13)9-18)8-16(19)11-6-14-3-4-15(7-11)22(14,20)21/h1-2,5,11,14-15H,3-4,6-8H2. The van der Waals surface area contributed by atoms with Crippen LogP contribution < -0.4 is 0 Å². The summed E-state index contributed by atoms with van der Waals surface area (Å²) in [7, 11) is -3.04. The Morgan fingerprint density at radius 2 is 1.91 bits per heavy atom. The summed E-state index contributed by atoms with van der Waals surface area (Å²) >= 11 is 0. The van der Waals surface area contributed by atoms with Gasteiger partial charge in [0.05, 0.1) is 22.1 Å². The van der Waals surface area contributed by atoms with E-state index in [-0.39, 0.29) is 34.2 Å². The summed E-state index contributed by atoms with van der Waals surface area (Å²) < 4.78 is 37.2. The molecule has 2 aliphatic heterocycles. The van der Waals surface area contributed by atoms with Crippen molar-refractivity contribution in [2.24, 2.45) is 5.92 Å². The number of halogens is 1. The molecule has 0 amide bonds. The molecule has 0 saturated carbocycles. The van der Waals surface area contributed by atoms with Crippen LogP contribution in [0.15, 0.2) is 18.2 Å². The van der Waals surface area contributed by atoms with Crippen molar-refractivity contribution in [2.75, 3.05) is 0 Å². The Kier molecular flexibility index (Phi) is 3.77. The van der Waals surface area contributed by atoms with Crippen molar-refractivity contribution < 1.29 is 17.6 Å². The second kappa shape index (κ2) is 5.47. The van der Waals surface area contributed by atoms with Gasteiger partial charge in [0.1, 0.15) is 11.6 Å². The Morgan fingerprint density at radius 3 is 2.50 bits per heavy atom. The lowest BCUT2D eigenvalue weighted by Crippen LogP contribution is -2.36. The lowest BCUT2D eigenvalue weighted by Gasteiger charge is -2.27. The van der Waals surface area contributed by atoms with Gasteiger partial charge in [0, 0.05) is 12.3 Å². The monoisotopic (exact) mass is 321 g/mol. The van der Waals surface area contributed by atoms with E-state index in [9.17, 15) is 17.6 Å². The van der Waals surface area contributed by atoms with Gasteiger partial charge in [0.25, 0.3) is 0 Å². The van der Waals surface area contributed by atoms with E-state index in [2.05, 4.69) is 0 Å². The Hall–Kier alpha value is -1.74. The van der Waals surface area contributed by atoms with Gasteiger partial charge in [-0.3, -0.25) is 4.79 Å².